The van der Waals surface area contributed by atoms with Crippen molar-refractivity contribution in [2.75, 3.05) is 12.3 Å². The number of hydrogen-bond donors (Lipinski definition) is 8. The molecule has 5 rings (SSSR count). The van der Waals surface area contributed by atoms with Crippen molar-refractivity contribution in [1.82, 2.24) is 19.7 Å². The average molecular weight is 566 g/mol. The number of aliphatic carboxylic acids is 1. The minimum atomic E-state index is -2.33. The molecule has 0 radical (unpaired) electrons. The van der Waals surface area contributed by atoms with Crippen molar-refractivity contribution in [3.05, 3.63) is 66.0 Å². The fourth-order valence-electron chi connectivity index (χ4n) is 4.83. The van der Waals surface area contributed by atoms with E-state index in [1.807, 2.05) is 0 Å². The lowest BCUT2D eigenvalue weighted by Crippen LogP contribution is -2.55. The molecular weight excluding hydrogens is 538 g/mol. The van der Waals surface area contributed by atoms with Crippen molar-refractivity contribution in [3.8, 4) is 11.1 Å². The first-order chi connectivity index (χ1) is 19.5. The first-order valence-corrected chi connectivity index (χ1v) is 12.3. The summed E-state index contributed by atoms with van der Waals surface area (Å²) in [4.78, 5) is 28.1. The van der Waals surface area contributed by atoms with Crippen molar-refractivity contribution in [1.29, 1.82) is 5.41 Å². The fraction of sp³-hybridized carbons (Fsp3) is 0.269. The number of nitrogen functional groups attached to an aromatic ring is 1. The molecule has 4 aromatic rings. The largest absolute Gasteiger partial charge is 0.479 e. The Kier molecular flexibility index (Phi) is 7.18. The van der Waals surface area contributed by atoms with Crippen LogP contribution in [0, 0.1) is 5.41 Å². The Morgan fingerprint density at radius 2 is 1.83 bits per heavy atom. The molecule has 1 aliphatic heterocycles. The molecular formula is C26H27N7O8. The summed E-state index contributed by atoms with van der Waals surface area (Å²) in [5.74, 6) is -3.29. The van der Waals surface area contributed by atoms with Gasteiger partial charge in [0.1, 0.15) is 24.1 Å². The first kappa shape index (κ1) is 27.7. The van der Waals surface area contributed by atoms with E-state index in [1.54, 1.807) is 42.5 Å². The number of carbonyl (C=O) groups is 2. The van der Waals surface area contributed by atoms with Gasteiger partial charge in [-0.2, -0.15) is 5.10 Å². The van der Waals surface area contributed by atoms with Gasteiger partial charge in [-0.25, -0.2) is 14.6 Å². The van der Waals surface area contributed by atoms with Crippen LogP contribution in [0.15, 0.2) is 54.9 Å². The molecule has 0 saturated carbocycles. The van der Waals surface area contributed by atoms with E-state index in [9.17, 15) is 30.0 Å². The molecule has 1 fully saturated rings. The average Bonchev–Trinajstić information content (AvgIpc) is 3.62. The number of imidazole rings is 1. The number of carboxylic acid groups (broad SMARTS) is 2. The minimum absolute atomic E-state index is 0.107. The molecule has 2 aromatic carbocycles. The molecule has 1 unspecified atom stereocenters. The number of anilines is 1. The number of aromatic nitrogens is 4. The van der Waals surface area contributed by atoms with Crippen LogP contribution >= 0.6 is 0 Å². The molecule has 1 aliphatic rings. The van der Waals surface area contributed by atoms with Crippen LogP contribution in [0.3, 0.4) is 0 Å². The summed E-state index contributed by atoms with van der Waals surface area (Å²) in [5, 5.41) is 55.5. The van der Waals surface area contributed by atoms with E-state index in [-0.39, 0.29) is 17.8 Å². The Morgan fingerprint density at radius 1 is 1.12 bits per heavy atom. The molecule has 15 heteroatoms. The number of aliphatic hydroxyl groups is 2. The van der Waals surface area contributed by atoms with E-state index < -0.39 is 54.5 Å². The van der Waals surface area contributed by atoms with Gasteiger partial charge in [0.2, 0.25) is 5.60 Å². The number of aliphatic hydroxyl groups excluding tert-OH is 2. The number of nitrogens with zero attached hydrogens (tertiary/aromatic N) is 3. The predicted molar refractivity (Wildman–Crippen MR) is 143 cm³/mol. The van der Waals surface area contributed by atoms with Gasteiger partial charge in [0.05, 0.1) is 18.5 Å². The van der Waals surface area contributed by atoms with Crippen LogP contribution in [0.4, 0.5) is 5.82 Å². The quantitative estimate of drug-likeness (QED) is 0.0957. The Morgan fingerprint density at radius 3 is 2.49 bits per heavy atom. The van der Waals surface area contributed by atoms with E-state index in [4.69, 9.17) is 26.4 Å². The summed E-state index contributed by atoms with van der Waals surface area (Å²) >= 11 is 0. The van der Waals surface area contributed by atoms with E-state index in [0.29, 0.717) is 27.9 Å². The molecule has 10 N–H and O–H groups in total. The van der Waals surface area contributed by atoms with Crippen molar-refractivity contribution >= 4 is 34.8 Å². The summed E-state index contributed by atoms with van der Waals surface area (Å²) < 4.78 is 12.9. The molecule has 1 saturated heterocycles. The third kappa shape index (κ3) is 4.87. The summed E-state index contributed by atoms with van der Waals surface area (Å²) in [5.41, 5.74) is 11.5. The van der Waals surface area contributed by atoms with E-state index in [1.165, 1.54) is 17.0 Å². The zero-order valence-electron chi connectivity index (χ0n) is 21.3. The number of nitrogens with two attached hydrogens (primary N) is 2. The molecule has 15 nitrogen and oxygen atoms in total. The second-order valence-electron chi connectivity index (χ2n) is 9.59. The Labute approximate surface area is 231 Å². The number of nitrogens with one attached hydrogen (secondary N) is 2. The van der Waals surface area contributed by atoms with Gasteiger partial charge in [-0.15, -0.1) is 0 Å². The second kappa shape index (κ2) is 10.6. The Balaban J connectivity index is 1.35. The Hall–Kier alpha value is -4.83. The highest BCUT2D eigenvalue weighted by Gasteiger charge is 2.49. The maximum Gasteiger partial charge on any atom is 0.344 e. The molecule has 3 heterocycles. The fourth-order valence-corrected chi connectivity index (χ4v) is 4.83. The minimum Gasteiger partial charge on any atom is -0.479 e. The molecule has 0 amide bonds. The Bertz CT molecular complexity index is 1600. The smallest absolute Gasteiger partial charge is 0.344 e. The topological polar surface area (TPSA) is 256 Å². The van der Waals surface area contributed by atoms with Gasteiger partial charge in [0.25, 0.3) is 0 Å². The highest BCUT2D eigenvalue weighted by molar-refractivity contribution is 6.06. The summed E-state index contributed by atoms with van der Waals surface area (Å²) in [6.45, 7) is -0.534. The predicted octanol–water partition coefficient (Wildman–Crippen LogP) is 0.345. The van der Waals surface area contributed by atoms with Gasteiger partial charge in [-0.3, -0.25) is 15.1 Å². The highest BCUT2D eigenvalue weighted by Crippen LogP contribution is 2.33. The summed E-state index contributed by atoms with van der Waals surface area (Å²) in [6, 6.07) is 12.9. The molecule has 0 aliphatic carbocycles. The number of amidine groups is 1. The number of rotatable bonds is 10. The van der Waals surface area contributed by atoms with Crippen LogP contribution in [-0.4, -0.2) is 88.5 Å². The third-order valence-electron chi connectivity index (χ3n) is 7.08. The van der Waals surface area contributed by atoms with E-state index in [2.05, 4.69) is 15.2 Å². The molecule has 5 atom stereocenters. The van der Waals surface area contributed by atoms with Crippen LogP contribution in [0.2, 0.25) is 0 Å². The van der Waals surface area contributed by atoms with Crippen LogP contribution in [-0.2, 0) is 20.7 Å². The van der Waals surface area contributed by atoms with E-state index >= 15 is 0 Å². The maximum atomic E-state index is 12.4. The first-order valence-electron chi connectivity index (χ1n) is 12.3. The number of aromatic amines is 1. The monoisotopic (exact) mass is 565 g/mol. The third-order valence-corrected chi connectivity index (χ3v) is 7.08. The zero-order valence-corrected chi connectivity index (χ0v) is 21.3. The second-order valence-corrected chi connectivity index (χ2v) is 9.59. The number of fused-ring (bicyclic) bond motifs is 1. The van der Waals surface area contributed by atoms with Crippen molar-refractivity contribution in [2.45, 2.75) is 36.6 Å². The molecule has 0 bridgehead atoms. The molecule has 214 valence electrons. The van der Waals surface area contributed by atoms with Crippen LogP contribution < -0.4 is 11.5 Å². The normalized spacial score (nSPS) is 22.0. The zero-order chi connectivity index (χ0) is 29.5. The lowest BCUT2D eigenvalue weighted by molar-refractivity contribution is -0.163. The van der Waals surface area contributed by atoms with E-state index in [0.717, 1.165) is 0 Å². The van der Waals surface area contributed by atoms with Gasteiger partial charge >= 0.3 is 11.9 Å². The number of H-pyrrole nitrogens is 1. The van der Waals surface area contributed by atoms with Gasteiger partial charge in [0.15, 0.2) is 23.2 Å². The van der Waals surface area contributed by atoms with Crippen LogP contribution in [0.1, 0.15) is 22.1 Å². The number of carboxylic acids is 2. The molecule has 0 spiro atoms. The SMILES string of the molecule is N=C(N)C(Cc1ccc(-c2ccccc2C(=O)O)cc1)(OC[C@H]1O[C@@H](n2cnc3c(N)n[nH]c32)[C@H](O)[C@@H]1O)C(=O)O. The highest BCUT2D eigenvalue weighted by atomic mass is 16.6. The lowest BCUT2D eigenvalue weighted by atomic mass is 9.91. The van der Waals surface area contributed by atoms with Gasteiger partial charge in [-0.05, 0) is 22.8 Å². The number of hydrogen-bond acceptors (Lipinski definition) is 10. The lowest BCUT2D eigenvalue weighted by Gasteiger charge is -2.30. The maximum absolute atomic E-state index is 12.4. The van der Waals surface area contributed by atoms with Crippen LogP contribution in [0.5, 0.6) is 0 Å². The number of benzene rings is 2. The number of ether oxygens (including phenoxy) is 2. The molecule has 41 heavy (non-hydrogen) atoms. The number of aromatic carboxylic acids is 1. The van der Waals surface area contributed by atoms with Gasteiger partial charge < -0.3 is 41.4 Å². The van der Waals surface area contributed by atoms with Gasteiger partial charge in [-0.1, -0.05) is 42.5 Å². The standard InChI is InChI=1S/C26H27N7O8/c27-20-17-21(32-31-20)33(11-30-17)22-19(35)18(34)16(41-22)10-40-26(24(28)29,25(38)39)9-12-5-7-13(8-6-12)14-3-1-2-4-15(14)23(36)37/h1-8,11,16,18-19,22,34-35H,9-10H2,(H3,28,29)(H,36,37)(H,38,39)(H3,27,31,32)/t16-,18-,19-,22-,26?/m1/s1. The molecule has 2 aromatic heterocycles. The summed E-state index contributed by atoms with van der Waals surface area (Å²) in [6.07, 6.45) is -4.25. The van der Waals surface area contributed by atoms with Gasteiger partial charge in [0, 0.05) is 6.42 Å². The summed E-state index contributed by atoms with van der Waals surface area (Å²) in [7, 11) is 0. The van der Waals surface area contributed by atoms with Crippen molar-refractivity contribution in [2.24, 2.45) is 5.73 Å². The van der Waals surface area contributed by atoms with Crippen molar-refractivity contribution < 1.29 is 39.5 Å². The van der Waals surface area contributed by atoms with Crippen molar-refractivity contribution in [3.63, 3.8) is 0 Å². The van der Waals surface area contributed by atoms with Crippen LogP contribution in [0.25, 0.3) is 22.3 Å².